The van der Waals surface area contributed by atoms with E-state index in [4.69, 9.17) is 0 Å². The highest BCUT2D eigenvalue weighted by atomic mass is 16.2. The number of hydrogen-bond donors (Lipinski definition) is 2. The van der Waals surface area contributed by atoms with Gasteiger partial charge in [0.2, 0.25) is 0 Å². The van der Waals surface area contributed by atoms with Gasteiger partial charge in [-0.25, -0.2) is 9.78 Å². The van der Waals surface area contributed by atoms with Crippen LogP contribution in [-0.4, -0.2) is 79.1 Å². The van der Waals surface area contributed by atoms with E-state index in [1.54, 1.807) is 38.4 Å². The monoisotopic (exact) mass is 414 g/mol. The molecule has 1 fully saturated rings. The summed E-state index contributed by atoms with van der Waals surface area (Å²) in [6.07, 6.45) is 4.75. The van der Waals surface area contributed by atoms with Gasteiger partial charge in [-0.3, -0.25) is 19.4 Å². The topological polar surface area (TPSA) is 97.9 Å². The Hall–Kier alpha value is -3.20. The maximum Gasteiger partial charge on any atom is 0.325 e. The van der Waals surface area contributed by atoms with E-state index < -0.39 is 11.9 Å². The van der Waals surface area contributed by atoms with Gasteiger partial charge >= 0.3 is 6.03 Å². The maximum atomic E-state index is 12.4. The summed E-state index contributed by atoms with van der Waals surface area (Å²) in [7, 11) is 3.01. The molecule has 1 aliphatic rings. The van der Waals surface area contributed by atoms with Crippen molar-refractivity contribution in [2.75, 3.05) is 45.2 Å². The molecule has 1 saturated heterocycles. The number of nitrogens with zero attached hydrogens (tertiary/aromatic N) is 4. The normalized spacial score (nSPS) is 15.5. The van der Waals surface area contributed by atoms with Crippen molar-refractivity contribution in [3.8, 4) is 0 Å². The molecular formula is C21H30N6O3. The van der Waals surface area contributed by atoms with Crippen LogP contribution >= 0.6 is 0 Å². The lowest BCUT2D eigenvalue weighted by atomic mass is 10.2. The summed E-state index contributed by atoms with van der Waals surface area (Å²) in [6, 6.07) is 3.13. The second kappa shape index (κ2) is 10.5. The summed E-state index contributed by atoms with van der Waals surface area (Å²) in [4.78, 5) is 45.7. The predicted octanol–water partition coefficient (Wildman–Crippen LogP) is 1.21. The second-order valence-corrected chi connectivity index (χ2v) is 7.02. The van der Waals surface area contributed by atoms with E-state index in [0.717, 1.165) is 36.8 Å². The first-order chi connectivity index (χ1) is 14.3. The number of rotatable bonds is 6. The summed E-state index contributed by atoms with van der Waals surface area (Å²) in [5, 5.41) is 5.41. The van der Waals surface area contributed by atoms with E-state index >= 15 is 0 Å². The van der Waals surface area contributed by atoms with Crippen LogP contribution in [0.1, 0.15) is 24.3 Å². The third-order valence-corrected chi connectivity index (χ3v) is 5.02. The summed E-state index contributed by atoms with van der Waals surface area (Å²) in [6.45, 7) is 10.3. The molecule has 2 rings (SSSR count). The SMILES string of the molecule is C=C(/C=C\C)C(=O)N(C)C(=O)NC(C)N1CCN(c2ccc(C(=O)NC)nc2)CC1. The van der Waals surface area contributed by atoms with Crippen molar-refractivity contribution in [3.63, 3.8) is 0 Å². The van der Waals surface area contributed by atoms with Crippen LogP contribution in [0.4, 0.5) is 10.5 Å². The molecule has 162 valence electrons. The van der Waals surface area contributed by atoms with Gasteiger partial charge in [0.1, 0.15) is 5.69 Å². The predicted molar refractivity (Wildman–Crippen MR) is 116 cm³/mol. The summed E-state index contributed by atoms with van der Waals surface area (Å²) >= 11 is 0. The molecule has 0 aliphatic carbocycles. The number of carbonyl (C=O) groups is 3. The largest absolute Gasteiger partial charge is 0.368 e. The Morgan fingerprint density at radius 2 is 1.90 bits per heavy atom. The fourth-order valence-corrected chi connectivity index (χ4v) is 3.15. The van der Waals surface area contributed by atoms with Crippen LogP contribution in [0.3, 0.4) is 0 Å². The van der Waals surface area contributed by atoms with Crippen LogP contribution in [0.5, 0.6) is 0 Å². The standard InChI is InChI=1S/C21H30N6O3/c1-6-7-15(2)20(29)25(5)21(30)24-16(3)26-10-12-27(13-11-26)17-8-9-18(23-14-17)19(28)22-4/h6-9,14,16H,2,10-13H2,1,3-5H3,(H,22,28)(H,24,30)/b7-6-. The summed E-state index contributed by atoms with van der Waals surface area (Å²) in [5.74, 6) is -0.649. The van der Waals surface area contributed by atoms with E-state index in [1.807, 2.05) is 13.0 Å². The first-order valence-corrected chi connectivity index (χ1v) is 9.85. The number of hydrogen-bond acceptors (Lipinski definition) is 6. The highest BCUT2D eigenvalue weighted by Crippen LogP contribution is 2.16. The first kappa shape index (κ1) is 23.1. The van der Waals surface area contributed by atoms with Gasteiger partial charge in [-0.2, -0.15) is 0 Å². The van der Waals surface area contributed by atoms with Crippen LogP contribution in [0.2, 0.25) is 0 Å². The van der Waals surface area contributed by atoms with Crippen molar-refractivity contribution in [1.29, 1.82) is 0 Å². The van der Waals surface area contributed by atoms with Gasteiger partial charge in [0, 0.05) is 45.8 Å². The minimum atomic E-state index is -0.463. The number of amides is 4. The number of urea groups is 1. The third-order valence-electron chi connectivity index (χ3n) is 5.02. The maximum absolute atomic E-state index is 12.4. The highest BCUT2D eigenvalue weighted by Gasteiger charge is 2.25. The number of anilines is 1. The van der Waals surface area contributed by atoms with E-state index in [2.05, 4.69) is 32.0 Å². The van der Waals surface area contributed by atoms with Crippen molar-refractivity contribution in [3.05, 3.63) is 48.3 Å². The lowest BCUT2D eigenvalue weighted by molar-refractivity contribution is -0.123. The third kappa shape index (κ3) is 5.66. The zero-order valence-corrected chi connectivity index (χ0v) is 18.0. The number of carbonyl (C=O) groups excluding carboxylic acids is 3. The van der Waals surface area contributed by atoms with Gasteiger partial charge in [0.15, 0.2) is 0 Å². The Labute approximate surface area is 177 Å². The number of pyridine rings is 1. The van der Waals surface area contributed by atoms with Crippen molar-refractivity contribution in [2.24, 2.45) is 0 Å². The van der Waals surface area contributed by atoms with Crippen molar-refractivity contribution in [1.82, 2.24) is 25.4 Å². The van der Waals surface area contributed by atoms with E-state index in [-0.39, 0.29) is 17.6 Å². The Morgan fingerprint density at radius 1 is 1.23 bits per heavy atom. The summed E-state index contributed by atoms with van der Waals surface area (Å²) in [5.41, 5.74) is 1.59. The zero-order valence-electron chi connectivity index (χ0n) is 18.0. The van der Waals surface area contributed by atoms with Gasteiger partial charge < -0.3 is 15.5 Å². The minimum absolute atomic E-state index is 0.214. The molecule has 2 heterocycles. The molecule has 2 N–H and O–H groups in total. The van der Waals surface area contributed by atoms with Crippen LogP contribution in [0, 0.1) is 0 Å². The van der Waals surface area contributed by atoms with Crippen LogP contribution < -0.4 is 15.5 Å². The molecule has 0 radical (unpaired) electrons. The van der Waals surface area contributed by atoms with E-state index in [1.165, 1.54) is 7.05 Å². The molecule has 1 aromatic heterocycles. The van der Waals surface area contributed by atoms with Crippen LogP contribution in [0.15, 0.2) is 42.6 Å². The molecule has 1 atom stereocenters. The number of piperazine rings is 1. The molecule has 0 bridgehead atoms. The van der Waals surface area contributed by atoms with Gasteiger partial charge in [-0.1, -0.05) is 18.7 Å². The van der Waals surface area contributed by atoms with Gasteiger partial charge in [0.25, 0.3) is 11.8 Å². The summed E-state index contributed by atoms with van der Waals surface area (Å²) < 4.78 is 0. The van der Waals surface area contributed by atoms with E-state index in [0.29, 0.717) is 5.69 Å². The molecule has 9 nitrogen and oxygen atoms in total. The number of aromatic nitrogens is 1. The fourth-order valence-electron chi connectivity index (χ4n) is 3.15. The average Bonchev–Trinajstić information content (AvgIpc) is 2.77. The smallest absolute Gasteiger partial charge is 0.325 e. The minimum Gasteiger partial charge on any atom is -0.368 e. The molecular weight excluding hydrogens is 384 g/mol. The molecule has 30 heavy (non-hydrogen) atoms. The Morgan fingerprint density at radius 3 is 2.43 bits per heavy atom. The van der Waals surface area contributed by atoms with Gasteiger partial charge in [0.05, 0.1) is 18.1 Å². The Kier molecular flexibility index (Phi) is 8.11. The number of nitrogens with one attached hydrogen (secondary N) is 2. The highest BCUT2D eigenvalue weighted by molar-refractivity contribution is 6.04. The first-order valence-electron chi connectivity index (χ1n) is 9.85. The van der Waals surface area contributed by atoms with Crippen molar-refractivity contribution < 1.29 is 14.4 Å². The molecule has 4 amide bonds. The lowest BCUT2D eigenvalue weighted by Crippen LogP contribution is -2.56. The number of allylic oxidation sites excluding steroid dienone is 1. The number of imide groups is 1. The van der Waals surface area contributed by atoms with Crippen LogP contribution in [-0.2, 0) is 4.79 Å². The molecule has 1 aliphatic heterocycles. The van der Waals surface area contributed by atoms with Crippen molar-refractivity contribution >= 4 is 23.5 Å². The molecule has 0 spiro atoms. The quantitative estimate of drug-likeness (QED) is 0.536. The van der Waals surface area contributed by atoms with Crippen molar-refractivity contribution in [2.45, 2.75) is 20.0 Å². The lowest BCUT2D eigenvalue weighted by Gasteiger charge is -2.39. The molecule has 1 aromatic rings. The Bertz CT molecular complexity index is 813. The second-order valence-electron chi connectivity index (χ2n) is 7.02. The van der Waals surface area contributed by atoms with Gasteiger partial charge in [-0.05, 0) is 26.0 Å². The molecule has 0 aromatic carbocycles. The molecule has 0 saturated carbocycles. The van der Waals surface area contributed by atoms with Crippen LogP contribution in [0.25, 0.3) is 0 Å². The molecule has 1 unspecified atom stereocenters. The van der Waals surface area contributed by atoms with Gasteiger partial charge in [-0.15, -0.1) is 0 Å². The zero-order chi connectivity index (χ0) is 22.3. The Balaban J connectivity index is 1.87. The molecule has 9 heteroatoms. The fraction of sp³-hybridized carbons (Fsp3) is 0.429. The number of likely N-dealkylation sites (N-methyl/N-ethyl adjacent to an activating group) is 1. The van der Waals surface area contributed by atoms with E-state index in [9.17, 15) is 14.4 Å². The average molecular weight is 415 g/mol.